The monoisotopic (exact) mass is 1270 g/mol. The summed E-state index contributed by atoms with van der Waals surface area (Å²) in [5.74, 6) is 0. The minimum Gasteiger partial charge on any atom is -0.317 e. The van der Waals surface area contributed by atoms with Gasteiger partial charge < -0.3 is 27.4 Å². The van der Waals surface area contributed by atoms with Gasteiger partial charge in [-0.2, -0.15) is 0 Å². The van der Waals surface area contributed by atoms with E-state index < -0.39 is 0 Å². The van der Waals surface area contributed by atoms with Crippen LogP contribution in [0, 0.1) is 0 Å². The van der Waals surface area contributed by atoms with Gasteiger partial charge in [-0.3, -0.25) is 0 Å². The Balaban J connectivity index is 0.000000136. The van der Waals surface area contributed by atoms with E-state index in [0.29, 0.717) is 0 Å². The van der Waals surface area contributed by atoms with Crippen molar-refractivity contribution in [2.24, 2.45) is 0 Å². The average Bonchev–Trinajstić information content (AvgIpc) is 1.57. The van der Waals surface area contributed by atoms with Crippen molar-refractivity contribution < 1.29 is 0 Å². The molecule has 21 aromatic rings. The normalized spacial score (nSPS) is 11.8. The molecule has 0 N–H and O–H groups in total. The average molecular weight is 1280 g/mol. The maximum atomic E-state index is 2.46. The molecule has 0 saturated carbocycles. The highest BCUT2D eigenvalue weighted by atomic mass is 15.0. The van der Waals surface area contributed by atoms with Gasteiger partial charge in [0.05, 0.1) is 55.2 Å². The smallest absolute Gasteiger partial charge is 0.0548 e. The Morgan fingerprint density at radius 1 is 0.140 bits per heavy atom. The van der Waals surface area contributed by atoms with E-state index in [4.69, 9.17) is 0 Å². The molecule has 0 unspecified atom stereocenters. The summed E-state index contributed by atoms with van der Waals surface area (Å²) in [5.41, 5.74) is 26.1. The van der Waals surface area contributed by atoms with Gasteiger partial charge in [0.15, 0.2) is 0 Å². The summed E-state index contributed by atoms with van der Waals surface area (Å²) in [6.45, 7) is 0. The number of nitrogens with zero attached hydrogens (tertiary/aromatic N) is 6. The van der Waals surface area contributed by atoms with Crippen molar-refractivity contribution in [3.8, 4) is 67.5 Å². The molecule has 6 heterocycles. The molecule has 0 fully saturated rings. The van der Waals surface area contributed by atoms with E-state index >= 15 is 0 Å². The van der Waals surface area contributed by atoms with Crippen molar-refractivity contribution in [1.29, 1.82) is 0 Å². The lowest BCUT2D eigenvalue weighted by molar-refractivity contribution is 1.13. The Labute approximate surface area is 576 Å². The van der Waals surface area contributed by atoms with Crippen molar-refractivity contribution in [2.45, 2.75) is 0 Å². The van der Waals surface area contributed by atoms with E-state index in [1.54, 1.807) is 0 Å². The fourth-order valence-corrected chi connectivity index (χ4v) is 15.9. The molecule has 0 aliphatic carbocycles. The Bertz CT molecular complexity index is 6740. The van der Waals surface area contributed by atoms with Crippen LogP contribution in [0.15, 0.2) is 376 Å². The molecule has 15 aromatic carbocycles. The second-order valence-corrected chi connectivity index (χ2v) is 26.1. The number of aromatic nitrogens is 6. The first-order chi connectivity index (χ1) is 49.6. The van der Waals surface area contributed by atoms with Crippen molar-refractivity contribution in [1.82, 2.24) is 27.4 Å². The van der Waals surface area contributed by atoms with E-state index in [1.165, 1.54) is 148 Å². The fraction of sp³-hybridized carbons (Fsp3) is 0. The molecular formula is C94H62N6. The Morgan fingerprint density at radius 2 is 0.440 bits per heavy atom. The lowest BCUT2D eigenvalue weighted by Crippen LogP contribution is -2.00. The second kappa shape index (κ2) is 23.2. The topological polar surface area (TPSA) is 29.6 Å². The third-order valence-corrected chi connectivity index (χ3v) is 20.5. The summed E-state index contributed by atoms with van der Waals surface area (Å²) in [5, 5.41) is 12.4. The van der Waals surface area contributed by atoms with E-state index in [1.807, 2.05) is 0 Å². The lowest BCUT2D eigenvalue weighted by Gasteiger charge is -2.16. The van der Waals surface area contributed by atoms with Crippen LogP contribution in [-0.4, -0.2) is 27.4 Å². The summed E-state index contributed by atoms with van der Waals surface area (Å²) >= 11 is 0. The first-order valence-electron chi connectivity index (χ1n) is 34.3. The van der Waals surface area contributed by atoms with Gasteiger partial charge in [0.1, 0.15) is 0 Å². The molecule has 100 heavy (non-hydrogen) atoms. The third kappa shape index (κ3) is 9.26. The lowest BCUT2D eigenvalue weighted by atomic mass is 10.0. The summed E-state index contributed by atoms with van der Waals surface area (Å²) in [6.07, 6.45) is 4.36. The maximum Gasteiger partial charge on any atom is 0.0548 e. The van der Waals surface area contributed by atoms with Gasteiger partial charge in [0, 0.05) is 100 Å². The van der Waals surface area contributed by atoms with Gasteiger partial charge in [-0.15, -0.1) is 0 Å². The summed E-state index contributed by atoms with van der Waals surface area (Å²) < 4.78 is 14.3. The van der Waals surface area contributed by atoms with Gasteiger partial charge in [0.2, 0.25) is 0 Å². The molecule has 6 aromatic heterocycles. The van der Waals surface area contributed by atoms with E-state index in [9.17, 15) is 0 Å². The van der Waals surface area contributed by atoms with Crippen LogP contribution < -0.4 is 0 Å². The van der Waals surface area contributed by atoms with Gasteiger partial charge in [-0.05, 0) is 179 Å². The molecule has 0 bridgehead atoms. The molecule has 0 spiro atoms. The van der Waals surface area contributed by atoms with Gasteiger partial charge in [-0.1, -0.05) is 218 Å². The molecule has 0 atom stereocenters. The molecule has 0 saturated heterocycles. The Morgan fingerprint density at radius 3 is 0.850 bits per heavy atom. The minimum absolute atomic E-state index is 1.13. The Hall–Kier alpha value is -13.4. The van der Waals surface area contributed by atoms with E-state index in [0.717, 1.165) is 28.4 Å². The zero-order chi connectivity index (χ0) is 65.8. The van der Waals surface area contributed by atoms with Crippen LogP contribution in [0.3, 0.4) is 0 Å². The Kier molecular flexibility index (Phi) is 13.2. The third-order valence-electron chi connectivity index (χ3n) is 20.5. The van der Waals surface area contributed by atoms with Crippen LogP contribution >= 0.6 is 0 Å². The van der Waals surface area contributed by atoms with Gasteiger partial charge in [0.25, 0.3) is 0 Å². The standard InChI is InChI=1S/C50H33N3.C44H29N3/c1-4-14-34(15-5-1)36-24-25-48-44(30-36)42-20-10-12-22-46(42)52(48)40-28-38(35-16-6-2-7-17-35)29-41(32-40)53-47-23-13-11-21-43(47)45-33-49-37(31-50(45)53)26-27-51(49)39-18-8-3-9-19-39;1-3-12-30(13-4-1)31-22-23-42-38(26-31)36-18-7-9-20-40(36)46(42)34-16-11-17-35(28-34)47-41-21-10-8-19-37(41)39-29-43-32(27-44(39)47)24-25-45(43)33-14-5-2-6-15-33/h1-33H;1-29H. The number of benzene rings is 15. The molecule has 6 nitrogen and oxygen atoms in total. The largest absolute Gasteiger partial charge is 0.317 e. The molecule has 6 heteroatoms. The van der Waals surface area contributed by atoms with Crippen molar-refractivity contribution in [3.05, 3.63) is 376 Å². The molecule has 0 aliphatic rings. The molecule has 0 amide bonds. The van der Waals surface area contributed by atoms with Crippen LogP contribution in [0.2, 0.25) is 0 Å². The van der Waals surface area contributed by atoms with Crippen LogP contribution in [0.25, 0.3) is 177 Å². The van der Waals surface area contributed by atoms with Crippen LogP contribution in [0.4, 0.5) is 0 Å². The second-order valence-electron chi connectivity index (χ2n) is 26.1. The fourth-order valence-electron chi connectivity index (χ4n) is 15.9. The maximum absolute atomic E-state index is 2.46. The highest BCUT2D eigenvalue weighted by Crippen LogP contribution is 2.43. The molecule has 0 radical (unpaired) electrons. The summed E-state index contributed by atoms with van der Waals surface area (Å²) in [7, 11) is 0. The van der Waals surface area contributed by atoms with Gasteiger partial charge >= 0.3 is 0 Å². The number of hydrogen-bond acceptors (Lipinski definition) is 0. The predicted octanol–water partition coefficient (Wildman–Crippen LogP) is 24.7. The quantitative estimate of drug-likeness (QED) is 0.138. The zero-order valence-electron chi connectivity index (χ0n) is 54.5. The van der Waals surface area contributed by atoms with Crippen LogP contribution in [0.5, 0.6) is 0 Å². The van der Waals surface area contributed by atoms with E-state index in [-0.39, 0.29) is 0 Å². The summed E-state index contributed by atoms with van der Waals surface area (Å²) in [6, 6.07) is 132. The predicted molar refractivity (Wildman–Crippen MR) is 420 cm³/mol. The molecule has 21 rings (SSSR count). The molecule has 0 aliphatic heterocycles. The summed E-state index contributed by atoms with van der Waals surface area (Å²) in [4.78, 5) is 0. The van der Waals surface area contributed by atoms with Crippen molar-refractivity contribution in [2.75, 3.05) is 0 Å². The SMILES string of the molecule is c1ccc(-c2cc(-n3c4ccccc4c4cc(-c5ccccc5)ccc43)cc(-n3c4ccccc4c4cc5c(ccn5-c5ccccc5)cc43)c2)cc1.c1ccc(-c2ccc3c(c2)c2ccccc2n3-c2cccc(-n3c4ccccc4c4cc5c(ccn5-c5ccccc5)cc43)c2)cc1. The highest BCUT2D eigenvalue weighted by molar-refractivity contribution is 6.16. The first kappa shape index (κ1) is 56.9. The van der Waals surface area contributed by atoms with Crippen molar-refractivity contribution >= 4 is 109 Å². The molecular weight excluding hydrogens is 1210 g/mol. The number of fused-ring (bicyclic) bond motifs is 14. The number of rotatable bonds is 9. The van der Waals surface area contributed by atoms with Crippen molar-refractivity contribution in [3.63, 3.8) is 0 Å². The van der Waals surface area contributed by atoms with Crippen LogP contribution in [-0.2, 0) is 0 Å². The van der Waals surface area contributed by atoms with Gasteiger partial charge in [-0.25, -0.2) is 0 Å². The minimum atomic E-state index is 1.13. The van der Waals surface area contributed by atoms with Crippen LogP contribution in [0.1, 0.15) is 0 Å². The molecule has 468 valence electrons. The zero-order valence-corrected chi connectivity index (χ0v) is 54.5. The first-order valence-corrected chi connectivity index (χ1v) is 34.3. The van der Waals surface area contributed by atoms with E-state index in [2.05, 4.69) is 404 Å². The number of hydrogen-bond donors (Lipinski definition) is 0. The number of para-hydroxylation sites is 6. The highest BCUT2D eigenvalue weighted by Gasteiger charge is 2.22.